The maximum absolute atomic E-state index is 11.9. The Bertz CT molecular complexity index is 434. The summed E-state index contributed by atoms with van der Waals surface area (Å²) in [5.41, 5.74) is 1.62. The van der Waals surface area contributed by atoms with E-state index >= 15 is 0 Å². The molecule has 1 amide bonds. The molecule has 0 bridgehead atoms. The van der Waals surface area contributed by atoms with Crippen molar-refractivity contribution in [2.75, 3.05) is 7.05 Å². The van der Waals surface area contributed by atoms with Crippen molar-refractivity contribution in [2.45, 2.75) is 26.8 Å². The highest BCUT2D eigenvalue weighted by Gasteiger charge is 2.15. The van der Waals surface area contributed by atoms with Crippen molar-refractivity contribution in [1.82, 2.24) is 4.90 Å². The molecule has 90 valence electrons. The molecular weight excluding hydrogens is 212 g/mol. The van der Waals surface area contributed by atoms with Gasteiger partial charge in [-0.1, -0.05) is 26.0 Å². The minimum absolute atomic E-state index is 0.0548. The largest absolute Gasteiger partial charge is 0.341 e. The lowest BCUT2D eigenvalue weighted by molar-refractivity contribution is -0.134. The second-order valence-electron chi connectivity index (χ2n) is 4.32. The van der Waals surface area contributed by atoms with E-state index in [-0.39, 0.29) is 11.8 Å². The monoisotopic (exact) mass is 230 g/mol. The SMILES string of the molecule is CC[C@@H](C)C(=O)N(C)Cc1cccc(C#N)c1. The lowest BCUT2D eigenvalue weighted by Gasteiger charge is -2.20. The number of hydrogen-bond donors (Lipinski definition) is 0. The standard InChI is InChI=1S/C14H18N2O/c1-4-11(2)14(17)16(3)10-13-7-5-6-12(8-13)9-15/h5-8,11H,4,10H2,1-3H3/t11-/m1/s1. The molecule has 0 spiro atoms. The highest BCUT2D eigenvalue weighted by atomic mass is 16.2. The maximum atomic E-state index is 11.9. The van der Waals surface area contributed by atoms with Crippen LogP contribution in [0.1, 0.15) is 31.4 Å². The molecule has 0 aromatic heterocycles. The fourth-order valence-corrected chi connectivity index (χ4v) is 1.64. The molecular formula is C14H18N2O. The maximum Gasteiger partial charge on any atom is 0.225 e. The van der Waals surface area contributed by atoms with Crippen LogP contribution in [0.15, 0.2) is 24.3 Å². The third-order valence-electron chi connectivity index (χ3n) is 2.89. The Kier molecular flexibility index (Phi) is 4.71. The molecule has 1 atom stereocenters. The summed E-state index contributed by atoms with van der Waals surface area (Å²) in [4.78, 5) is 13.6. The molecule has 0 aliphatic rings. The van der Waals surface area contributed by atoms with Gasteiger partial charge in [-0.3, -0.25) is 4.79 Å². The molecule has 0 radical (unpaired) electrons. The quantitative estimate of drug-likeness (QED) is 0.798. The highest BCUT2D eigenvalue weighted by Crippen LogP contribution is 2.10. The van der Waals surface area contributed by atoms with E-state index in [1.165, 1.54) is 0 Å². The van der Waals surface area contributed by atoms with Gasteiger partial charge in [0.2, 0.25) is 5.91 Å². The number of carbonyl (C=O) groups is 1. The van der Waals surface area contributed by atoms with Gasteiger partial charge in [0.25, 0.3) is 0 Å². The van der Waals surface area contributed by atoms with Crippen LogP contribution >= 0.6 is 0 Å². The fourth-order valence-electron chi connectivity index (χ4n) is 1.64. The molecule has 17 heavy (non-hydrogen) atoms. The Hall–Kier alpha value is -1.82. The van der Waals surface area contributed by atoms with Gasteiger partial charge in [-0.15, -0.1) is 0 Å². The van der Waals surface area contributed by atoms with Crippen LogP contribution in [0, 0.1) is 17.2 Å². The smallest absolute Gasteiger partial charge is 0.225 e. The zero-order valence-electron chi connectivity index (χ0n) is 10.6. The number of carbonyl (C=O) groups excluding carboxylic acids is 1. The van der Waals surface area contributed by atoms with Gasteiger partial charge >= 0.3 is 0 Å². The Morgan fingerprint density at radius 1 is 1.53 bits per heavy atom. The molecule has 1 aromatic carbocycles. The molecule has 1 aromatic rings. The average Bonchev–Trinajstić information content (AvgIpc) is 2.37. The zero-order valence-corrected chi connectivity index (χ0v) is 10.6. The minimum Gasteiger partial charge on any atom is -0.341 e. The van der Waals surface area contributed by atoms with E-state index in [0.29, 0.717) is 12.1 Å². The van der Waals surface area contributed by atoms with Crippen LogP contribution < -0.4 is 0 Å². The molecule has 0 saturated heterocycles. The Morgan fingerprint density at radius 3 is 2.82 bits per heavy atom. The van der Waals surface area contributed by atoms with Gasteiger partial charge in [0.15, 0.2) is 0 Å². The molecule has 3 nitrogen and oxygen atoms in total. The van der Waals surface area contributed by atoms with Crippen LogP contribution in [0.25, 0.3) is 0 Å². The summed E-state index contributed by atoms with van der Waals surface area (Å²) in [6, 6.07) is 9.46. The molecule has 0 N–H and O–H groups in total. The van der Waals surface area contributed by atoms with Gasteiger partial charge in [-0.05, 0) is 24.1 Å². The van der Waals surface area contributed by atoms with Gasteiger partial charge in [-0.25, -0.2) is 0 Å². The summed E-state index contributed by atoms with van der Waals surface area (Å²) in [5.74, 6) is 0.203. The first-order chi connectivity index (χ1) is 8.08. The Balaban J connectivity index is 2.71. The third-order valence-corrected chi connectivity index (χ3v) is 2.89. The number of nitriles is 1. The van der Waals surface area contributed by atoms with Crippen molar-refractivity contribution in [3.05, 3.63) is 35.4 Å². The lowest BCUT2D eigenvalue weighted by Crippen LogP contribution is -2.30. The molecule has 0 saturated carbocycles. The Morgan fingerprint density at radius 2 is 2.24 bits per heavy atom. The lowest BCUT2D eigenvalue weighted by atomic mass is 10.1. The van der Waals surface area contributed by atoms with Crippen LogP contribution in [0.2, 0.25) is 0 Å². The summed E-state index contributed by atoms with van der Waals surface area (Å²) in [6.45, 7) is 4.50. The van der Waals surface area contributed by atoms with Crippen LogP contribution in [-0.4, -0.2) is 17.9 Å². The topological polar surface area (TPSA) is 44.1 Å². The van der Waals surface area contributed by atoms with Gasteiger partial charge in [0.05, 0.1) is 11.6 Å². The van der Waals surface area contributed by atoms with Gasteiger partial charge in [0.1, 0.15) is 0 Å². The molecule has 0 aliphatic heterocycles. The summed E-state index contributed by atoms with van der Waals surface area (Å²) in [6.07, 6.45) is 0.849. The Labute approximate surface area is 103 Å². The van der Waals surface area contributed by atoms with Crippen molar-refractivity contribution < 1.29 is 4.79 Å². The molecule has 0 unspecified atom stereocenters. The summed E-state index contributed by atoms with van der Waals surface area (Å²) < 4.78 is 0. The van der Waals surface area contributed by atoms with Crippen molar-refractivity contribution >= 4 is 5.91 Å². The van der Waals surface area contributed by atoms with E-state index < -0.39 is 0 Å². The number of nitrogens with zero attached hydrogens (tertiary/aromatic N) is 2. The molecule has 3 heteroatoms. The highest BCUT2D eigenvalue weighted by molar-refractivity contribution is 5.78. The van der Waals surface area contributed by atoms with Crippen LogP contribution in [0.3, 0.4) is 0 Å². The summed E-state index contributed by atoms with van der Waals surface area (Å²) in [5, 5.41) is 8.80. The molecule has 0 aliphatic carbocycles. The zero-order chi connectivity index (χ0) is 12.8. The number of hydrogen-bond acceptors (Lipinski definition) is 2. The third kappa shape index (κ3) is 3.60. The van der Waals surface area contributed by atoms with E-state index in [1.54, 1.807) is 18.0 Å². The van der Waals surface area contributed by atoms with Crippen LogP contribution in [0.4, 0.5) is 0 Å². The van der Waals surface area contributed by atoms with E-state index in [0.717, 1.165) is 12.0 Å². The van der Waals surface area contributed by atoms with Gasteiger partial charge < -0.3 is 4.90 Å². The first kappa shape index (κ1) is 13.2. The number of amides is 1. The van der Waals surface area contributed by atoms with Gasteiger partial charge in [-0.2, -0.15) is 5.26 Å². The summed E-state index contributed by atoms with van der Waals surface area (Å²) in [7, 11) is 1.80. The first-order valence-corrected chi connectivity index (χ1v) is 5.82. The molecule has 1 rings (SSSR count). The van der Waals surface area contributed by atoms with E-state index in [4.69, 9.17) is 5.26 Å². The average molecular weight is 230 g/mol. The predicted octanol–water partition coefficient (Wildman–Crippen LogP) is 2.56. The normalized spacial score (nSPS) is 11.6. The van der Waals surface area contributed by atoms with E-state index in [9.17, 15) is 4.79 Å². The fraction of sp³-hybridized carbons (Fsp3) is 0.429. The van der Waals surface area contributed by atoms with Crippen molar-refractivity contribution in [2.24, 2.45) is 5.92 Å². The van der Waals surface area contributed by atoms with E-state index in [1.807, 2.05) is 32.0 Å². The van der Waals surface area contributed by atoms with Gasteiger partial charge in [0, 0.05) is 19.5 Å². The summed E-state index contributed by atoms with van der Waals surface area (Å²) >= 11 is 0. The van der Waals surface area contributed by atoms with Crippen molar-refractivity contribution in [3.63, 3.8) is 0 Å². The minimum atomic E-state index is 0.0548. The number of rotatable bonds is 4. The van der Waals surface area contributed by atoms with Crippen molar-refractivity contribution in [1.29, 1.82) is 5.26 Å². The predicted molar refractivity (Wildman–Crippen MR) is 67.1 cm³/mol. The van der Waals surface area contributed by atoms with E-state index in [2.05, 4.69) is 6.07 Å². The molecule has 0 fully saturated rings. The number of benzene rings is 1. The second kappa shape index (κ2) is 6.05. The van der Waals surface area contributed by atoms with Crippen LogP contribution in [0.5, 0.6) is 0 Å². The van der Waals surface area contributed by atoms with Crippen molar-refractivity contribution in [3.8, 4) is 6.07 Å². The second-order valence-corrected chi connectivity index (χ2v) is 4.32. The first-order valence-electron chi connectivity index (χ1n) is 5.82. The molecule has 0 heterocycles. The van der Waals surface area contributed by atoms with Crippen LogP contribution in [-0.2, 0) is 11.3 Å².